The molecule has 14 heteroatoms. The fourth-order valence-electron chi connectivity index (χ4n) is 4.34. The Kier molecular flexibility index (Phi) is 5.93. The van der Waals surface area contributed by atoms with Gasteiger partial charge in [-0.25, -0.2) is 28.4 Å². The van der Waals surface area contributed by atoms with E-state index in [9.17, 15) is 32.0 Å². The van der Waals surface area contributed by atoms with Gasteiger partial charge >= 0.3 is 6.18 Å². The fourth-order valence-corrected chi connectivity index (χ4v) is 4.34. The zero-order valence-corrected chi connectivity index (χ0v) is 19.0. The van der Waals surface area contributed by atoms with Crippen LogP contribution in [0.5, 0.6) is 0 Å². The van der Waals surface area contributed by atoms with Crippen LogP contribution in [0.2, 0.25) is 0 Å². The number of H-pyrrole nitrogens is 1. The van der Waals surface area contributed by atoms with Crippen molar-refractivity contribution in [2.75, 3.05) is 0 Å². The summed E-state index contributed by atoms with van der Waals surface area (Å²) >= 11 is 0. The first-order valence-electron chi connectivity index (χ1n) is 11.1. The van der Waals surface area contributed by atoms with Gasteiger partial charge in [-0.15, -0.1) is 0 Å². The first-order valence-corrected chi connectivity index (χ1v) is 11.1. The SMILES string of the molecule is CC(c1ccc(C(F)(F)F)nc1)n1nc(C#N)c2c(=O)[nH]c([C@H]3CC[C@H]3c3ncc(C(F)F)cn3)nc21. The molecular weight excluding hydrogens is 499 g/mol. The van der Waals surface area contributed by atoms with Crippen LogP contribution in [0, 0.1) is 11.3 Å². The normalized spacial score (nSPS) is 18.5. The average molecular weight is 516 g/mol. The number of fused-ring (bicyclic) bond motifs is 1. The lowest BCUT2D eigenvalue weighted by molar-refractivity contribution is -0.141. The number of nitriles is 1. The zero-order valence-electron chi connectivity index (χ0n) is 19.0. The van der Waals surface area contributed by atoms with E-state index in [0.29, 0.717) is 30.1 Å². The third-order valence-electron chi connectivity index (χ3n) is 6.51. The number of hydrogen-bond acceptors (Lipinski definition) is 7. The zero-order chi connectivity index (χ0) is 26.5. The van der Waals surface area contributed by atoms with E-state index in [2.05, 4.69) is 30.0 Å². The fraction of sp³-hybridized carbons (Fsp3) is 0.348. The minimum absolute atomic E-state index is 0.0496. The monoisotopic (exact) mass is 516 g/mol. The molecule has 9 nitrogen and oxygen atoms in total. The van der Waals surface area contributed by atoms with Crippen LogP contribution >= 0.6 is 0 Å². The maximum absolute atomic E-state index is 13.0. The van der Waals surface area contributed by atoms with E-state index in [1.54, 1.807) is 6.92 Å². The molecule has 0 spiro atoms. The van der Waals surface area contributed by atoms with Crippen molar-refractivity contribution in [1.29, 1.82) is 5.26 Å². The van der Waals surface area contributed by atoms with Crippen LogP contribution in [0.1, 0.15) is 78.2 Å². The Hall–Kier alpha value is -4.28. The highest BCUT2D eigenvalue weighted by Gasteiger charge is 2.38. The molecule has 0 aromatic carbocycles. The number of halogens is 5. The van der Waals surface area contributed by atoms with Gasteiger partial charge in [0.15, 0.2) is 11.3 Å². The predicted octanol–water partition coefficient (Wildman–Crippen LogP) is 4.40. The molecule has 3 atom stereocenters. The van der Waals surface area contributed by atoms with Crippen LogP contribution in [-0.4, -0.2) is 34.7 Å². The second kappa shape index (κ2) is 8.99. The lowest BCUT2D eigenvalue weighted by Gasteiger charge is -2.34. The number of alkyl halides is 5. The van der Waals surface area contributed by atoms with E-state index in [4.69, 9.17) is 0 Å². The van der Waals surface area contributed by atoms with Crippen LogP contribution in [0.4, 0.5) is 22.0 Å². The maximum Gasteiger partial charge on any atom is 0.433 e. The smallest absolute Gasteiger partial charge is 0.310 e. The molecule has 190 valence electrons. The molecule has 1 unspecified atom stereocenters. The molecule has 1 aliphatic rings. The molecule has 5 rings (SSSR count). The maximum atomic E-state index is 13.0. The number of aromatic amines is 1. The summed E-state index contributed by atoms with van der Waals surface area (Å²) in [7, 11) is 0. The van der Waals surface area contributed by atoms with Gasteiger partial charge < -0.3 is 4.98 Å². The molecule has 37 heavy (non-hydrogen) atoms. The predicted molar refractivity (Wildman–Crippen MR) is 118 cm³/mol. The summed E-state index contributed by atoms with van der Waals surface area (Å²) in [5, 5.41) is 13.7. The molecule has 4 heterocycles. The minimum Gasteiger partial charge on any atom is -0.310 e. The standard InChI is InChI=1S/C23H17F5N8O/c1-10(11-2-5-16(30-7-11)23(26,27)28)36-21-17(15(6-29)35-36)22(37)34-20(33-21)14-4-3-13(14)19-31-8-12(9-32-19)18(24)25/h2,5,7-10,13-14,18H,3-4H2,1H3,(H,33,34,37)/t10?,13-,14+/m1/s1. The summed E-state index contributed by atoms with van der Waals surface area (Å²) in [6, 6.07) is 3.24. The highest BCUT2D eigenvalue weighted by atomic mass is 19.4. The largest absolute Gasteiger partial charge is 0.433 e. The molecule has 1 fully saturated rings. The van der Waals surface area contributed by atoms with Gasteiger partial charge in [0.25, 0.3) is 12.0 Å². The lowest BCUT2D eigenvalue weighted by atomic mass is 9.72. The van der Waals surface area contributed by atoms with Gasteiger partial charge in [-0.05, 0) is 31.4 Å². The van der Waals surface area contributed by atoms with E-state index < -0.39 is 29.9 Å². The van der Waals surface area contributed by atoms with Gasteiger partial charge in [-0.1, -0.05) is 6.07 Å². The third-order valence-corrected chi connectivity index (χ3v) is 6.51. The molecule has 0 saturated heterocycles. The first-order chi connectivity index (χ1) is 17.6. The average Bonchev–Trinajstić information content (AvgIpc) is 3.22. The van der Waals surface area contributed by atoms with E-state index in [-0.39, 0.29) is 34.1 Å². The Morgan fingerprint density at radius 3 is 2.30 bits per heavy atom. The van der Waals surface area contributed by atoms with Crippen molar-refractivity contribution in [3.05, 3.63) is 75.2 Å². The van der Waals surface area contributed by atoms with Crippen LogP contribution in [-0.2, 0) is 6.18 Å². The number of pyridine rings is 1. The molecular formula is C23H17F5N8O. The summed E-state index contributed by atoms with van der Waals surface area (Å²) in [6.45, 7) is 1.63. The number of nitrogens with zero attached hydrogens (tertiary/aromatic N) is 7. The Morgan fingerprint density at radius 1 is 1.08 bits per heavy atom. The van der Waals surface area contributed by atoms with Gasteiger partial charge in [0.1, 0.15) is 28.8 Å². The number of aromatic nitrogens is 7. The van der Waals surface area contributed by atoms with Crippen molar-refractivity contribution in [3.8, 4) is 6.07 Å². The molecule has 0 amide bonds. The molecule has 1 aliphatic carbocycles. The van der Waals surface area contributed by atoms with Crippen molar-refractivity contribution in [1.82, 2.24) is 34.7 Å². The van der Waals surface area contributed by atoms with Crippen LogP contribution in [0.25, 0.3) is 11.0 Å². The van der Waals surface area contributed by atoms with E-state index >= 15 is 0 Å². The topological polar surface area (TPSA) is 126 Å². The second-order valence-electron chi connectivity index (χ2n) is 8.67. The summed E-state index contributed by atoms with van der Waals surface area (Å²) in [5.74, 6) is 0.0552. The van der Waals surface area contributed by atoms with Gasteiger partial charge in [-0.2, -0.15) is 23.5 Å². The molecule has 4 aromatic rings. The quantitative estimate of drug-likeness (QED) is 0.390. The van der Waals surface area contributed by atoms with Gasteiger partial charge in [0, 0.05) is 30.4 Å². The van der Waals surface area contributed by atoms with E-state index in [1.807, 2.05) is 6.07 Å². The first kappa shape index (κ1) is 24.4. The van der Waals surface area contributed by atoms with Crippen molar-refractivity contribution in [3.63, 3.8) is 0 Å². The summed E-state index contributed by atoms with van der Waals surface area (Å²) < 4.78 is 65.7. The van der Waals surface area contributed by atoms with Crippen molar-refractivity contribution in [2.45, 2.75) is 50.2 Å². The van der Waals surface area contributed by atoms with E-state index in [1.165, 1.54) is 10.7 Å². The highest BCUT2D eigenvalue weighted by molar-refractivity contribution is 5.80. The van der Waals surface area contributed by atoms with Gasteiger partial charge in [-0.3, -0.25) is 9.78 Å². The van der Waals surface area contributed by atoms with Gasteiger partial charge in [0.05, 0.1) is 11.6 Å². The van der Waals surface area contributed by atoms with Crippen LogP contribution in [0.15, 0.2) is 35.5 Å². The van der Waals surface area contributed by atoms with Crippen LogP contribution < -0.4 is 5.56 Å². The molecule has 0 radical (unpaired) electrons. The van der Waals surface area contributed by atoms with Crippen molar-refractivity contribution in [2.24, 2.45) is 0 Å². The Morgan fingerprint density at radius 2 is 1.76 bits per heavy atom. The lowest BCUT2D eigenvalue weighted by Crippen LogP contribution is -2.28. The molecule has 0 bridgehead atoms. The molecule has 1 N–H and O–H groups in total. The second-order valence-corrected chi connectivity index (χ2v) is 8.67. The Labute approximate surface area is 205 Å². The number of hydrogen-bond donors (Lipinski definition) is 1. The molecule has 4 aromatic heterocycles. The minimum atomic E-state index is -4.60. The van der Waals surface area contributed by atoms with Crippen molar-refractivity contribution < 1.29 is 22.0 Å². The number of rotatable bonds is 5. The van der Waals surface area contributed by atoms with E-state index in [0.717, 1.165) is 24.7 Å². The van der Waals surface area contributed by atoms with Crippen LogP contribution in [0.3, 0.4) is 0 Å². The Balaban J connectivity index is 1.53. The Bertz CT molecular complexity index is 1550. The third kappa shape index (κ3) is 4.30. The highest BCUT2D eigenvalue weighted by Crippen LogP contribution is 2.46. The summed E-state index contributed by atoms with van der Waals surface area (Å²) in [4.78, 5) is 31.8. The van der Waals surface area contributed by atoms with Crippen molar-refractivity contribution >= 4 is 11.0 Å². The number of nitrogens with one attached hydrogen (secondary N) is 1. The molecule has 0 aliphatic heterocycles. The molecule has 1 saturated carbocycles. The summed E-state index contributed by atoms with van der Waals surface area (Å²) in [5.41, 5.74) is -1.68. The summed E-state index contributed by atoms with van der Waals surface area (Å²) in [6.07, 6.45) is -2.83. The van der Waals surface area contributed by atoms with Gasteiger partial charge in [0.2, 0.25) is 0 Å².